The van der Waals surface area contributed by atoms with Crippen LogP contribution in [0.1, 0.15) is 47.8 Å². The van der Waals surface area contributed by atoms with E-state index < -0.39 is 0 Å². The van der Waals surface area contributed by atoms with Gasteiger partial charge in [-0.15, -0.1) is 0 Å². The monoisotopic (exact) mass is 502 g/mol. The number of benzene rings is 3. The van der Waals surface area contributed by atoms with Crippen molar-refractivity contribution in [2.24, 2.45) is 0 Å². The first kappa shape index (κ1) is 25.4. The number of nitrogens with zero attached hydrogens (tertiary/aromatic N) is 1. The number of amides is 1. The summed E-state index contributed by atoms with van der Waals surface area (Å²) in [5.74, 6) is -0.0817. The molecule has 174 valence electrons. The Bertz CT molecular complexity index is 1120. The fourth-order valence-electron chi connectivity index (χ4n) is 3.62. The Kier molecular flexibility index (Phi) is 8.33. The number of hydrogen-bond donors (Lipinski definition) is 1. The van der Waals surface area contributed by atoms with Crippen LogP contribution < -0.4 is 5.32 Å². The lowest BCUT2D eigenvalue weighted by Crippen LogP contribution is -2.33. The van der Waals surface area contributed by atoms with Gasteiger partial charge in [-0.1, -0.05) is 85.9 Å². The lowest BCUT2D eigenvalue weighted by molar-refractivity contribution is 0.0746. The minimum absolute atomic E-state index is 0.0738. The topological polar surface area (TPSA) is 32.3 Å². The molecule has 0 saturated heterocycles. The van der Waals surface area contributed by atoms with Gasteiger partial charge in [-0.2, -0.15) is 0 Å². The highest BCUT2D eigenvalue weighted by Gasteiger charge is 2.20. The molecule has 0 aromatic heterocycles. The molecule has 0 spiro atoms. The molecule has 0 bridgehead atoms. The number of anilines is 1. The van der Waals surface area contributed by atoms with E-state index in [0.29, 0.717) is 40.1 Å². The Morgan fingerprint density at radius 3 is 2.15 bits per heavy atom. The van der Waals surface area contributed by atoms with E-state index in [-0.39, 0.29) is 11.3 Å². The van der Waals surface area contributed by atoms with Gasteiger partial charge in [-0.3, -0.25) is 4.79 Å². The van der Waals surface area contributed by atoms with Crippen LogP contribution >= 0.6 is 34.8 Å². The third-order valence-corrected chi connectivity index (χ3v) is 6.59. The molecule has 0 radical (unpaired) electrons. The van der Waals surface area contributed by atoms with E-state index in [1.807, 2.05) is 23.1 Å². The number of nitrogens with one attached hydrogen (secondary N) is 1. The van der Waals surface area contributed by atoms with Crippen molar-refractivity contribution >= 4 is 46.4 Å². The van der Waals surface area contributed by atoms with Gasteiger partial charge in [0.2, 0.25) is 0 Å². The largest absolute Gasteiger partial charge is 0.387 e. The van der Waals surface area contributed by atoms with Gasteiger partial charge in [-0.05, 0) is 58.9 Å². The molecule has 3 nitrogen and oxygen atoms in total. The highest BCUT2D eigenvalue weighted by Crippen LogP contribution is 2.26. The number of hydrogen-bond acceptors (Lipinski definition) is 2. The third kappa shape index (κ3) is 6.66. The van der Waals surface area contributed by atoms with Crippen LogP contribution in [-0.2, 0) is 18.4 Å². The molecule has 0 aliphatic heterocycles. The molecular formula is C27H29Cl3N2O. The summed E-state index contributed by atoms with van der Waals surface area (Å²) in [7, 11) is 1.80. The zero-order valence-corrected chi connectivity index (χ0v) is 21.7. The third-order valence-electron chi connectivity index (χ3n) is 5.62. The average molecular weight is 504 g/mol. The molecule has 0 atom stereocenters. The second kappa shape index (κ2) is 10.8. The van der Waals surface area contributed by atoms with Crippen LogP contribution in [0.5, 0.6) is 0 Å². The Labute approximate surface area is 211 Å². The summed E-state index contributed by atoms with van der Waals surface area (Å²) in [6.07, 6.45) is 0.651. The van der Waals surface area contributed by atoms with E-state index in [1.54, 1.807) is 25.2 Å². The van der Waals surface area contributed by atoms with Crippen molar-refractivity contribution in [2.75, 3.05) is 18.9 Å². The van der Waals surface area contributed by atoms with Gasteiger partial charge >= 0.3 is 0 Å². The second-order valence-electron chi connectivity index (χ2n) is 9.11. The molecule has 0 saturated carbocycles. The zero-order chi connectivity index (χ0) is 24.2. The summed E-state index contributed by atoms with van der Waals surface area (Å²) in [6, 6.07) is 19.3. The lowest BCUT2D eigenvalue weighted by Gasteiger charge is -2.25. The highest BCUT2D eigenvalue weighted by molar-refractivity contribution is 6.42. The van der Waals surface area contributed by atoms with Crippen molar-refractivity contribution in [3.8, 4) is 0 Å². The van der Waals surface area contributed by atoms with E-state index in [0.717, 1.165) is 16.8 Å². The molecule has 0 fully saturated rings. The van der Waals surface area contributed by atoms with Gasteiger partial charge < -0.3 is 10.2 Å². The maximum absolute atomic E-state index is 13.6. The zero-order valence-electron chi connectivity index (χ0n) is 19.4. The van der Waals surface area contributed by atoms with E-state index in [1.165, 1.54) is 5.56 Å². The molecule has 3 aromatic carbocycles. The fraction of sp³-hybridized carbons (Fsp3) is 0.296. The van der Waals surface area contributed by atoms with Crippen molar-refractivity contribution in [3.05, 3.63) is 98.0 Å². The van der Waals surface area contributed by atoms with Crippen molar-refractivity contribution in [2.45, 2.75) is 39.2 Å². The first-order chi connectivity index (χ1) is 15.6. The number of carbonyl (C=O) groups excluding carboxylic acids is 1. The van der Waals surface area contributed by atoms with Crippen LogP contribution in [0, 0.1) is 0 Å². The van der Waals surface area contributed by atoms with E-state index >= 15 is 0 Å². The van der Waals surface area contributed by atoms with Crippen LogP contribution in [0.3, 0.4) is 0 Å². The highest BCUT2D eigenvalue weighted by atomic mass is 35.5. The van der Waals surface area contributed by atoms with Crippen molar-refractivity contribution < 1.29 is 4.79 Å². The van der Waals surface area contributed by atoms with Crippen LogP contribution in [0.15, 0.2) is 60.7 Å². The standard InChI is InChI=1S/C27H29Cl3N2O/c1-27(2,3)20-8-5-19(6-9-20)17-32(14-13-18-7-11-23(29)24(30)15-18)26(33)22-16-21(28)10-12-25(22)31-4/h5-12,15-16,31H,13-14,17H2,1-4H3. The normalized spacial score (nSPS) is 11.4. The number of carbonyl (C=O) groups is 1. The molecule has 33 heavy (non-hydrogen) atoms. The molecule has 0 aliphatic rings. The van der Waals surface area contributed by atoms with Gasteiger partial charge in [0.25, 0.3) is 5.91 Å². The molecule has 3 aromatic rings. The fourth-order valence-corrected chi connectivity index (χ4v) is 4.12. The maximum atomic E-state index is 13.6. The first-order valence-corrected chi connectivity index (χ1v) is 12.0. The van der Waals surface area contributed by atoms with E-state index in [9.17, 15) is 4.79 Å². The van der Waals surface area contributed by atoms with Gasteiger partial charge in [0, 0.05) is 30.8 Å². The molecule has 3 rings (SSSR count). The number of rotatable bonds is 7. The molecule has 1 amide bonds. The Morgan fingerprint density at radius 2 is 1.55 bits per heavy atom. The molecule has 0 aliphatic carbocycles. The van der Waals surface area contributed by atoms with E-state index in [4.69, 9.17) is 34.8 Å². The van der Waals surface area contributed by atoms with Gasteiger partial charge in [0.15, 0.2) is 0 Å². The van der Waals surface area contributed by atoms with Gasteiger partial charge in [-0.25, -0.2) is 0 Å². The Morgan fingerprint density at radius 1 is 0.879 bits per heavy atom. The van der Waals surface area contributed by atoms with Crippen LogP contribution in [0.4, 0.5) is 5.69 Å². The van der Waals surface area contributed by atoms with Crippen LogP contribution in [0.2, 0.25) is 15.1 Å². The van der Waals surface area contributed by atoms with Crippen molar-refractivity contribution in [3.63, 3.8) is 0 Å². The van der Waals surface area contributed by atoms with Crippen molar-refractivity contribution in [1.82, 2.24) is 4.90 Å². The first-order valence-electron chi connectivity index (χ1n) is 10.9. The summed E-state index contributed by atoms with van der Waals surface area (Å²) >= 11 is 18.5. The minimum atomic E-state index is -0.0817. The summed E-state index contributed by atoms with van der Waals surface area (Å²) in [5, 5.41) is 4.65. The van der Waals surface area contributed by atoms with Crippen LogP contribution in [-0.4, -0.2) is 24.4 Å². The summed E-state index contributed by atoms with van der Waals surface area (Å²) in [4.78, 5) is 15.5. The molecule has 0 heterocycles. The lowest BCUT2D eigenvalue weighted by atomic mass is 9.87. The number of halogens is 3. The van der Waals surface area contributed by atoms with Gasteiger partial charge in [0.05, 0.1) is 15.6 Å². The SMILES string of the molecule is CNc1ccc(Cl)cc1C(=O)N(CCc1ccc(Cl)c(Cl)c1)Cc1ccc(C(C)(C)C)cc1. The predicted molar refractivity (Wildman–Crippen MR) is 141 cm³/mol. The molecule has 1 N–H and O–H groups in total. The quantitative estimate of drug-likeness (QED) is 0.356. The Balaban J connectivity index is 1.89. The predicted octanol–water partition coefficient (Wildman–Crippen LogP) is 7.87. The van der Waals surface area contributed by atoms with Crippen LogP contribution in [0.25, 0.3) is 0 Å². The summed E-state index contributed by atoms with van der Waals surface area (Å²) < 4.78 is 0. The van der Waals surface area contributed by atoms with E-state index in [2.05, 4.69) is 50.4 Å². The molecule has 0 unspecified atom stereocenters. The average Bonchev–Trinajstić information content (AvgIpc) is 2.78. The Hall–Kier alpha value is -2.20. The molecule has 6 heteroatoms. The van der Waals surface area contributed by atoms with Crippen molar-refractivity contribution in [1.29, 1.82) is 0 Å². The smallest absolute Gasteiger partial charge is 0.256 e. The maximum Gasteiger partial charge on any atom is 0.256 e. The summed E-state index contributed by atoms with van der Waals surface area (Å²) in [6.45, 7) is 7.57. The molecular weight excluding hydrogens is 475 g/mol. The minimum Gasteiger partial charge on any atom is -0.387 e. The summed E-state index contributed by atoms with van der Waals surface area (Å²) in [5.41, 5.74) is 4.71. The van der Waals surface area contributed by atoms with Gasteiger partial charge in [0.1, 0.15) is 0 Å². The second-order valence-corrected chi connectivity index (χ2v) is 10.4.